The number of nitrogens with two attached hydrogens (primary N) is 1. The molecule has 0 saturated heterocycles. The Morgan fingerprint density at radius 1 is 0.591 bits per heavy atom. The third kappa shape index (κ3) is 16.1. The lowest BCUT2D eigenvalue weighted by Crippen LogP contribution is -2.23. The van der Waals surface area contributed by atoms with Crippen LogP contribution in [0.25, 0.3) is 43.2 Å². The molecular formula is C68H61F2N9O14. The van der Waals surface area contributed by atoms with Gasteiger partial charge in [0.2, 0.25) is 5.95 Å². The van der Waals surface area contributed by atoms with E-state index in [1.165, 1.54) is 74.8 Å². The van der Waals surface area contributed by atoms with Crippen LogP contribution < -0.4 is 53.9 Å². The first-order chi connectivity index (χ1) is 44.9. The fraction of sp³-hybridized carbons (Fsp3) is 0.162. The van der Waals surface area contributed by atoms with Gasteiger partial charge in [0.25, 0.3) is 40.0 Å². The lowest BCUT2D eigenvalue weighted by atomic mass is 10.1. The van der Waals surface area contributed by atoms with Crippen molar-refractivity contribution in [1.82, 2.24) is 40.1 Å². The smallest absolute Gasteiger partial charge is 0.274 e. The molecule has 0 unspecified atom stereocenters. The number of anilines is 1. The number of pyridine rings is 3. The highest BCUT2D eigenvalue weighted by Crippen LogP contribution is 2.30. The van der Waals surface area contributed by atoms with E-state index in [1.807, 2.05) is 55.5 Å². The molecule has 4 heterocycles. The Labute approximate surface area is 526 Å². The summed E-state index contributed by atoms with van der Waals surface area (Å²) in [5, 5.41) is 38.5. The van der Waals surface area contributed by atoms with Gasteiger partial charge in [-0.1, -0.05) is 54.1 Å². The molecule has 0 aliphatic heterocycles. The zero-order valence-electron chi connectivity index (χ0n) is 49.7. The minimum absolute atomic E-state index is 0.0287. The van der Waals surface area contributed by atoms with Gasteiger partial charge in [-0.15, -0.1) is 0 Å². The molecule has 1 aliphatic rings. The number of nitrogens with zero attached hydrogens (tertiary/aromatic N) is 4. The predicted molar refractivity (Wildman–Crippen MR) is 341 cm³/mol. The van der Waals surface area contributed by atoms with Crippen LogP contribution >= 0.6 is 0 Å². The zero-order valence-corrected chi connectivity index (χ0v) is 49.7. The van der Waals surface area contributed by atoms with E-state index in [4.69, 9.17) is 35.9 Å². The van der Waals surface area contributed by atoms with Gasteiger partial charge in [0, 0.05) is 69.1 Å². The number of ether oxygens (including phenoxy) is 2. The molecule has 4 aromatic heterocycles. The molecule has 23 nitrogen and oxygen atoms in total. The summed E-state index contributed by atoms with van der Waals surface area (Å²) in [5.74, 6) is -1.99. The molecule has 10 N–H and O–H groups in total. The number of H-pyrrole nitrogens is 1. The highest BCUT2D eigenvalue weighted by atomic mass is 19.1. The van der Waals surface area contributed by atoms with Gasteiger partial charge in [-0.3, -0.25) is 59.0 Å². The SMILES string of the molecule is Cc1ccc(OCCCn2ccc3ccc(C(=O)CO)cc3c2=O)cc1.Nc1nc2cc(C(=O)NO)ccc2c(=O)[nH]1.O=C(NO)c1ccc2ccn(CCOc3cccc4c3CCC4)c(=O)c2c1.O=C(NO)c1ccc2ccn(Cc3cc(F)ccc3F)c(=O)c2c1. The monoisotopic (exact) mass is 1270 g/mol. The Hall–Kier alpha value is -11.5. The summed E-state index contributed by atoms with van der Waals surface area (Å²) >= 11 is 0. The Morgan fingerprint density at radius 3 is 1.74 bits per heavy atom. The van der Waals surface area contributed by atoms with Crippen LogP contribution in [-0.2, 0) is 32.5 Å². The second-order valence-corrected chi connectivity index (χ2v) is 21.2. The van der Waals surface area contributed by atoms with Crippen LogP contribution in [0.5, 0.6) is 11.5 Å². The molecule has 476 valence electrons. The maximum Gasteiger partial charge on any atom is 0.274 e. The van der Waals surface area contributed by atoms with Crippen molar-refractivity contribution in [3.63, 3.8) is 0 Å². The molecule has 0 fully saturated rings. The zero-order chi connectivity index (χ0) is 66.3. The summed E-state index contributed by atoms with van der Waals surface area (Å²) in [4.78, 5) is 101. The largest absolute Gasteiger partial charge is 0.494 e. The highest BCUT2D eigenvalue weighted by molar-refractivity contribution is 6.01. The van der Waals surface area contributed by atoms with Gasteiger partial charge in [-0.25, -0.2) is 30.2 Å². The third-order valence-corrected chi connectivity index (χ3v) is 15.1. The van der Waals surface area contributed by atoms with E-state index >= 15 is 0 Å². The molecule has 93 heavy (non-hydrogen) atoms. The number of hydrogen-bond acceptors (Lipinski definition) is 16. The van der Waals surface area contributed by atoms with Gasteiger partial charge in [-0.2, -0.15) is 0 Å². The number of nitrogens with one attached hydrogen (secondary N) is 4. The average molecular weight is 1270 g/mol. The molecule has 7 aromatic carbocycles. The first-order valence-electron chi connectivity index (χ1n) is 28.9. The second-order valence-electron chi connectivity index (χ2n) is 21.2. The van der Waals surface area contributed by atoms with Crippen LogP contribution in [0.2, 0.25) is 0 Å². The van der Waals surface area contributed by atoms with Gasteiger partial charge >= 0.3 is 0 Å². The molecule has 0 bridgehead atoms. The molecule has 0 saturated carbocycles. The van der Waals surface area contributed by atoms with E-state index in [0.717, 1.165) is 59.7 Å². The van der Waals surface area contributed by atoms with Crippen molar-refractivity contribution in [1.29, 1.82) is 0 Å². The van der Waals surface area contributed by atoms with E-state index in [9.17, 15) is 47.1 Å². The Balaban J connectivity index is 0.000000148. The first kappa shape index (κ1) is 65.9. The Kier molecular flexibility index (Phi) is 21.5. The number of hydroxylamine groups is 3. The second kappa shape index (κ2) is 30.3. The fourth-order valence-corrected chi connectivity index (χ4v) is 10.2. The van der Waals surface area contributed by atoms with Crippen molar-refractivity contribution in [3.05, 3.63) is 268 Å². The third-order valence-electron chi connectivity index (χ3n) is 15.1. The van der Waals surface area contributed by atoms with E-state index in [-0.39, 0.29) is 56.8 Å². The van der Waals surface area contributed by atoms with Crippen molar-refractivity contribution in [3.8, 4) is 11.5 Å². The predicted octanol–water partition coefficient (Wildman–Crippen LogP) is 7.71. The molecule has 0 radical (unpaired) electrons. The van der Waals surface area contributed by atoms with Gasteiger partial charge in [0.15, 0.2) is 5.78 Å². The molecule has 0 spiro atoms. The lowest BCUT2D eigenvalue weighted by molar-refractivity contribution is 0.0702. The number of carbonyl (C=O) groups is 4. The number of fused-ring (bicyclic) bond motifs is 5. The topological polar surface area (TPSA) is 342 Å². The number of benzene rings is 7. The molecule has 11 aromatic rings. The van der Waals surface area contributed by atoms with Crippen LogP contribution in [0.1, 0.15) is 76.5 Å². The minimum atomic E-state index is -0.747. The van der Waals surface area contributed by atoms with Crippen molar-refractivity contribution in [2.75, 3.05) is 25.6 Å². The summed E-state index contributed by atoms with van der Waals surface area (Å²) < 4.78 is 43.1. The van der Waals surface area contributed by atoms with Gasteiger partial charge in [0.1, 0.15) is 36.3 Å². The number of carbonyl (C=O) groups excluding carboxylic acids is 4. The van der Waals surface area contributed by atoms with E-state index in [1.54, 1.807) is 69.5 Å². The number of aliphatic hydroxyl groups excluding tert-OH is 1. The summed E-state index contributed by atoms with van der Waals surface area (Å²) in [6, 6.07) is 40.5. The maximum absolute atomic E-state index is 13.8. The number of amides is 3. The molecule has 12 rings (SSSR count). The standard InChI is InChI=1S/C21H20N2O4.C21H21NO4.C17H12F2N2O3.C9H8N4O3/c24-20(22-26)16-8-7-15-9-10-23(21(25)18(15)13-16)11-12-27-19-6-2-4-14-3-1-5-17(14)19;1-15-3-7-18(8-4-15)26-12-2-10-22-11-9-16-5-6-17(20(24)14-23)13-19(16)21(22)25;18-13-3-4-15(19)12(7-13)9-21-6-5-10-1-2-11(16(22)20-24)8-14(10)17(21)23;10-9-11-6-3-4(7(14)13-16)1-2-5(6)8(15)12-9/h2,4,6-10,13,26H,1,3,5,11-12H2,(H,22,24);3-9,11,13,23H,2,10,12,14H2,1H3;1-8,24H,9H2,(H,20,22);1-3,16H,(H,13,14)(H3,10,11,12,15). The quantitative estimate of drug-likeness (QED) is 0.0193. The van der Waals surface area contributed by atoms with Crippen LogP contribution in [0.3, 0.4) is 0 Å². The number of aromatic nitrogens is 5. The summed E-state index contributed by atoms with van der Waals surface area (Å²) in [6.45, 7) is 3.15. The number of halogens is 2. The average Bonchev–Trinajstić information content (AvgIpc) is 2.08. The summed E-state index contributed by atoms with van der Waals surface area (Å²) in [7, 11) is 0. The molecule has 3 amide bonds. The van der Waals surface area contributed by atoms with E-state index < -0.39 is 47.3 Å². The van der Waals surface area contributed by atoms with Crippen LogP contribution in [0.4, 0.5) is 14.7 Å². The number of rotatable bonds is 16. The number of ketones is 1. The number of nitrogen functional groups attached to an aromatic ring is 1. The van der Waals surface area contributed by atoms with E-state index in [0.29, 0.717) is 65.3 Å². The number of aryl methyl sites for hydroxylation is 3. The minimum Gasteiger partial charge on any atom is -0.494 e. The number of aromatic amines is 1. The summed E-state index contributed by atoms with van der Waals surface area (Å²) in [6.07, 6.45) is 8.94. The number of aliphatic hydroxyl groups is 1. The molecular weight excluding hydrogens is 1200 g/mol. The van der Waals surface area contributed by atoms with Crippen molar-refractivity contribution >= 4 is 72.7 Å². The maximum atomic E-state index is 13.8. The highest BCUT2D eigenvalue weighted by Gasteiger charge is 2.17. The number of hydrogen-bond donors (Lipinski definition) is 9. The number of Topliss-reactive ketones (excluding diaryl/α,β-unsaturated/α-hetero) is 1. The van der Waals surface area contributed by atoms with Gasteiger partial charge in [-0.05, 0) is 163 Å². The normalized spacial score (nSPS) is 11.3. The van der Waals surface area contributed by atoms with Crippen LogP contribution in [0, 0.1) is 18.6 Å². The van der Waals surface area contributed by atoms with Crippen LogP contribution in [0.15, 0.2) is 189 Å². The summed E-state index contributed by atoms with van der Waals surface area (Å²) in [5.41, 5.74) is 13.8. The Bertz CT molecular complexity index is 4880. The van der Waals surface area contributed by atoms with Crippen LogP contribution in [-0.4, -0.2) is 87.7 Å². The molecule has 25 heteroatoms. The van der Waals surface area contributed by atoms with Crippen molar-refractivity contribution in [2.24, 2.45) is 0 Å². The van der Waals surface area contributed by atoms with Crippen molar-refractivity contribution < 1.29 is 58.2 Å². The lowest BCUT2D eigenvalue weighted by Gasteiger charge is -2.12. The molecule has 0 atom stereocenters. The first-order valence-corrected chi connectivity index (χ1v) is 28.9. The Morgan fingerprint density at radius 2 is 1.14 bits per heavy atom. The van der Waals surface area contributed by atoms with Gasteiger partial charge in [0.05, 0.1) is 30.6 Å². The molecule has 1 aliphatic carbocycles. The van der Waals surface area contributed by atoms with Crippen molar-refractivity contribution in [2.45, 2.75) is 52.2 Å². The van der Waals surface area contributed by atoms with Gasteiger partial charge < -0.3 is 34.0 Å². The fourth-order valence-electron chi connectivity index (χ4n) is 10.2. The van der Waals surface area contributed by atoms with E-state index in [2.05, 4.69) is 16.0 Å².